The van der Waals surface area contributed by atoms with E-state index < -0.39 is 0 Å². The molecule has 5 heteroatoms. The Kier molecular flexibility index (Phi) is 11.2. The van der Waals surface area contributed by atoms with Crippen LogP contribution in [0.25, 0.3) is 0 Å². The molecule has 204 valence electrons. The summed E-state index contributed by atoms with van der Waals surface area (Å²) in [6.07, 6.45) is 13.4. The Balaban J connectivity index is 1.42. The highest BCUT2D eigenvalue weighted by molar-refractivity contribution is 5.75. The molecule has 2 aromatic rings. The van der Waals surface area contributed by atoms with E-state index in [1.54, 1.807) is 24.3 Å². The monoisotopic (exact) mass is 509 g/mol. The molecule has 1 aliphatic rings. The summed E-state index contributed by atoms with van der Waals surface area (Å²) in [5, 5.41) is 19.7. The lowest BCUT2D eigenvalue weighted by Gasteiger charge is -2.43. The Bertz CT molecular complexity index is 973. The van der Waals surface area contributed by atoms with Crippen LogP contribution in [0, 0.1) is 0 Å². The van der Waals surface area contributed by atoms with Gasteiger partial charge in [-0.15, -0.1) is 0 Å². The maximum absolute atomic E-state index is 12.1. The molecule has 0 radical (unpaired) electrons. The van der Waals surface area contributed by atoms with Crippen LogP contribution in [0.5, 0.6) is 17.2 Å². The third-order valence-corrected chi connectivity index (χ3v) is 8.10. The molecule has 2 aromatic carbocycles. The van der Waals surface area contributed by atoms with Gasteiger partial charge < -0.3 is 19.8 Å². The van der Waals surface area contributed by atoms with E-state index in [0.717, 1.165) is 56.4 Å². The van der Waals surface area contributed by atoms with Gasteiger partial charge in [-0.2, -0.15) is 0 Å². The summed E-state index contributed by atoms with van der Waals surface area (Å²) in [5.74, 6) is 1.87. The number of unbranched alkanes of at least 4 members (excludes halogenated alkanes) is 8. The van der Waals surface area contributed by atoms with E-state index in [1.807, 2.05) is 30.1 Å². The molecule has 1 aliphatic heterocycles. The van der Waals surface area contributed by atoms with Gasteiger partial charge in [-0.1, -0.05) is 83.4 Å². The van der Waals surface area contributed by atoms with Gasteiger partial charge in [0.25, 0.3) is 0 Å². The molecule has 0 spiro atoms. The number of aromatic hydroxyl groups is 2. The predicted octanol–water partition coefficient (Wildman–Crippen LogP) is 7.69. The van der Waals surface area contributed by atoms with Crippen molar-refractivity contribution >= 4 is 5.91 Å². The molecule has 2 N–H and O–H groups in total. The lowest BCUT2D eigenvalue weighted by molar-refractivity contribution is -0.130. The first kappa shape index (κ1) is 28.9. The van der Waals surface area contributed by atoms with Gasteiger partial charge in [0, 0.05) is 37.4 Å². The summed E-state index contributed by atoms with van der Waals surface area (Å²) in [6, 6.07) is 13.0. The van der Waals surface area contributed by atoms with Crippen molar-refractivity contribution in [2.75, 3.05) is 20.2 Å². The number of fused-ring (bicyclic) bond motifs is 1. The summed E-state index contributed by atoms with van der Waals surface area (Å²) in [5.41, 5.74) is 2.14. The Morgan fingerprint density at radius 3 is 2.22 bits per heavy atom. The zero-order valence-corrected chi connectivity index (χ0v) is 23.2. The van der Waals surface area contributed by atoms with E-state index in [0.29, 0.717) is 13.0 Å². The molecule has 0 fully saturated rings. The van der Waals surface area contributed by atoms with Crippen molar-refractivity contribution in [3.05, 3.63) is 53.6 Å². The number of phenols is 2. The Hall–Kier alpha value is -2.69. The molecule has 0 aromatic heterocycles. The van der Waals surface area contributed by atoms with Crippen LogP contribution < -0.4 is 4.74 Å². The third-order valence-electron chi connectivity index (χ3n) is 8.10. The first-order valence-corrected chi connectivity index (χ1v) is 14.3. The SMILES string of the molecule is CCCCN(C)C(=O)CCCCCCCCCCC1c2ccc(O)cc2OCC1(C)c1ccc(O)cc1. The van der Waals surface area contributed by atoms with Crippen LogP contribution in [0.4, 0.5) is 0 Å². The van der Waals surface area contributed by atoms with Crippen molar-refractivity contribution in [3.63, 3.8) is 0 Å². The van der Waals surface area contributed by atoms with Crippen molar-refractivity contribution in [2.45, 2.75) is 102 Å². The number of hydrogen-bond acceptors (Lipinski definition) is 4. The lowest BCUT2D eigenvalue weighted by Crippen LogP contribution is -2.40. The Labute approximate surface area is 223 Å². The fourth-order valence-electron chi connectivity index (χ4n) is 5.60. The predicted molar refractivity (Wildman–Crippen MR) is 151 cm³/mol. The standard InChI is InChI=1S/C32H47NO4/c1-4-5-22-33(3)31(36)15-13-11-9-7-6-8-10-12-14-29-28-21-20-27(35)23-30(28)37-24-32(29,2)25-16-18-26(34)19-17-25/h16-21,23,29,34-35H,4-15,22,24H2,1-3H3. The number of benzene rings is 2. The zero-order chi connectivity index (χ0) is 26.7. The number of nitrogens with zero attached hydrogens (tertiary/aromatic N) is 1. The van der Waals surface area contributed by atoms with Gasteiger partial charge in [-0.3, -0.25) is 4.79 Å². The van der Waals surface area contributed by atoms with Crippen LogP contribution in [0.2, 0.25) is 0 Å². The summed E-state index contributed by atoms with van der Waals surface area (Å²) < 4.78 is 6.13. The van der Waals surface area contributed by atoms with Crippen LogP contribution in [0.3, 0.4) is 0 Å². The third kappa shape index (κ3) is 8.15. The average Bonchev–Trinajstić information content (AvgIpc) is 2.89. The molecule has 0 saturated carbocycles. The van der Waals surface area contributed by atoms with Crippen LogP contribution in [0.1, 0.15) is 108 Å². The number of carbonyl (C=O) groups is 1. The highest BCUT2D eigenvalue weighted by Gasteiger charge is 2.42. The maximum atomic E-state index is 12.1. The topological polar surface area (TPSA) is 70.0 Å². The highest BCUT2D eigenvalue weighted by atomic mass is 16.5. The number of rotatable bonds is 15. The second kappa shape index (κ2) is 14.3. The van der Waals surface area contributed by atoms with E-state index >= 15 is 0 Å². The normalized spacial score (nSPS) is 18.7. The number of amides is 1. The first-order valence-electron chi connectivity index (χ1n) is 14.3. The van der Waals surface area contributed by atoms with Crippen LogP contribution >= 0.6 is 0 Å². The van der Waals surface area contributed by atoms with Crippen molar-refractivity contribution in [1.82, 2.24) is 4.90 Å². The lowest BCUT2D eigenvalue weighted by atomic mass is 9.66. The molecule has 2 atom stereocenters. The van der Waals surface area contributed by atoms with Gasteiger partial charge in [-0.25, -0.2) is 0 Å². The van der Waals surface area contributed by atoms with Gasteiger partial charge in [0.05, 0.1) is 6.61 Å². The Morgan fingerprint density at radius 2 is 1.54 bits per heavy atom. The zero-order valence-electron chi connectivity index (χ0n) is 23.2. The minimum atomic E-state index is -0.195. The molecule has 1 amide bonds. The minimum Gasteiger partial charge on any atom is -0.508 e. The van der Waals surface area contributed by atoms with Gasteiger partial charge in [0.1, 0.15) is 17.2 Å². The fraction of sp³-hybridized carbons (Fsp3) is 0.594. The Morgan fingerprint density at radius 1 is 0.919 bits per heavy atom. The van der Waals surface area contributed by atoms with Crippen molar-refractivity contribution in [3.8, 4) is 17.2 Å². The molecule has 1 heterocycles. The summed E-state index contributed by atoms with van der Waals surface area (Å²) in [6.45, 7) is 5.84. The van der Waals surface area contributed by atoms with Gasteiger partial charge in [-0.05, 0) is 48.6 Å². The van der Waals surface area contributed by atoms with E-state index in [1.165, 1.54) is 37.7 Å². The molecule has 5 nitrogen and oxygen atoms in total. The minimum absolute atomic E-state index is 0.195. The number of ether oxygens (including phenoxy) is 1. The molecule has 0 saturated heterocycles. The van der Waals surface area contributed by atoms with E-state index in [9.17, 15) is 15.0 Å². The molecule has 2 unspecified atom stereocenters. The van der Waals surface area contributed by atoms with Crippen molar-refractivity contribution in [1.29, 1.82) is 0 Å². The fourth-order valence-corrected chi connectivity index (χ4v) is 5.60. The summed E-state index contributed by atoms with van der Waals surface area (Å²) in [4.78, 5) is 14.0. The number of carbonyl (C=O) groups excluding carboxylic acids is 1. The van der Waals surface area contributed by atoms with Gasteiger partial charge >= 0.3 is 0 Å². The smallest absolute Gasteiger partial charge is 0.222 e. The second-order valence-corrected chi connectivity index (χ2v) is 11.1. The van der Waals surface area contributed by atoms with Crippen molar-refractivity contribution < 1.29 is 19.7 Å². The largest absolute Gasteiger partial charge is 0.508 e. The summed E-state index contributed by atoms with van der Waals surface area (Å²) in [7, 11) is 1.92. The van der Waals surface area contributed by atoms with Gasteiger partial charge in [0.15, 0.2) is 0 Å². The quantitative estimate of drug-likeness (QED) is 0.241. The van der Waals surface area contributed by atoms with Gasteiger partial charge in [0.2, 0.25) is 5.91 Å². The molecule has 37 heavy (non-hydrogen) atoms. The number of phenolic OH excluding ortho intramolecular Hbond substituents is 2. The van der Waals surface area contributed by atoms with Crippen LogP contribution in [0.15, 0.2) is 42.5 Å². The number of hydrogen-bond donors (Lipinski definition) is 2. The molecule has 0 bridgehead atoms. The maximum Gasteiger partial charge on any atom is 0.222 e. The highest BCUT2D eigenvalue weighted by Crippen LogP contribution is 2.49. The van der Waals surface area contributed by atoms with E-state index in [4.69, 9.17) is 4.74 Å². The molecule has 3 rings (SSSR count). The van der Waals surface area contributed by atoms with Crippen LogP contribution in [-0.2, 0) is 10.2 Å². The molecule has 0 aliphatic carbocycles. The first-order chi connectivity index (χ1) is 17.8. The van der Waals surface area contributed by atoms with E-state index in [2.05, 4.69) is 13.8 Å². The average molecular weight is 510 g/mol. The summed E-state index contributed by atoms with van der Waals surface area (Å²) >= 11 is 0. The molecular weight excluding hydrogens is 462 g/mol. The van der Waals surface area contributed by atoms with Crippen molar-refractivity contribution in [2.24, 2.45) is 0 Å². The molecular formula is C32H47NO4. The second-order valence-electron chi connectivity index (χ2n) is 11.1. The van der Waals surface area contributed by atoms with E-state index in [-0.39, 0.29) is 28.7 Å². The van der Waals surface area contributed by atoms with Crippen LogP contribution in [-0.4, -0.2) is 41.2 Å².